The van der Waals surface area contributed by atoms with Crippen LogP contribution in [0.3, 0.4) is 0 Å². The van der Waals surface area contributed by atoms with Gasteiger partial charge in [-0.1, -0.05) is 0 Å². The van der Waals surface area contributed by atoms with Crippen molar-refractivity contribution in [2.45, 2.75) is 26.4 Å². The van der Waals surface area contributed by atoms with Crippen molar-refractivity contribution in [2.24, 2.45) is 12.8 Å². The lowest BCUT2D eigenvalue weighted by Crippen LogP contribution is -2.06. The summed E-state index contributed by atoms with van der Waals surface area (Å²) >= 11 is 0. The standard InChI is InChI=1S/C11H17N5/c1-8-4-11(15(3)14-8)7-16-6-10(5-13-16)9(2)12/h4-6,9H,7,12H2,1-3H3. The first kappa shape index (κ1) is 10.9. The fourth-order valence-electron chi connectivity index (χ4n) is 1.68. The summed E-state index contributed by atoms with van der Waals surface area (Å²) in [6.45, 7) is 4.67. The second kappa shape index (κ2) is 4.09. The van der Waals surface area contributed by atoms with Gasteiger partial charge in [-0.25, -0.2) is 0 Å². The Labute approximate surface area is 94.9 Å². The largest absolute Gasteiger partial charge is 0.324 e. The minimum absolute atomic E-state index is 0.0297. The van der Waals surface area contributed by atoms with Gasteiger partial charge in [-0.3, -0.25) is 9.36 Å². The van der Waals surface area contributed by atoms with Crippen molar-refractivity contribution in [3.05, 3.63) is 35.4 Å². The van der Waals surface area contributed by atoms with E-state index in [9.17, 15) is 0 Å². The van der Waals surface area contributed by atoms with Crippen molar-refractivity contribution < 1.29 is 0 Å². The number of nitrogens with zero attached hydrogens (tertiary/aromatic N) is 4. The van der Waals surface area contributed by atoms with Crippen molar-refractivity contribution >= 4 is 0 Å². The highest BCUT2D eigenvalue weighted by molar-refractivity contribution is 5.12. The van der Waals surface area contributed by atoms with Crippen molar-refractivity contribution in [1.82, 2.24) is 19.6 Å². The SMILES string of the molecule is Cc1cc(Cn2cc(C(C)N)cn2)n(C)n1. The van der Waals surface area contributed by atoms with Gasteiger partial charge < -0.3 is 5.73 Å². The Kier molecular flexibility index (Phi) is 2.78. The predicted octanol–water partition coefficient (Wildman–Crippen LogP) is 0.993. The summed E-state index contributed by atoms with van der Waals surface area (Å²) in [5, 5.41) is 8.58. The maximum absolute atomic E-state index is 5.78. The van der Waals surface area contributed by atoms with E-state index in [4.69, 9.17) is 5.73 Å². The highest BCUT2D eigenvalue weighted by Gasteiger charge is 2.06. The summed E-state index contributed by atoms with van der Waals surface area (Å²) in [5.74, 6) is 0. The molecule has 0 fully saturated rings. The second-order valence-electron chi connectivity index (χ2n) is 4.16. The molecule has 2 aromatic heterocycles. The first-order valence-electron chi connectivity index (χ1n) is 5.33. The Morgan fingerprint density at radius 3 is 2.75 bits per heavy atom. The average Bonchev–Trinajstić information content (AvgIpc) is 2.75. The molecule has 2 N–H and O–H groups in total. The van der Waals surface area contributed by atoms with Gasteiger partial charge in [0.2, 0.25) is 0 Å². The summed E-state index contributed by atoms with van der Waals surface area (Å²) in [5.41, 5.74) is 9.00. The van der Waals surface area contributed by atoms with Crippen molar-refractivity contribution in [2.75, 3.05) is 0 Å². The molecule has 0 aromatic carbocycles. The summed E-state index contributed by atoms with van der Waals surface area (Å²) in [6, 6.07) is 2.09. The minimum atomic E-state index is 0.0297. The van der Waals surface area contributed by atoms with Crippen LogP contribution in [-0.4, -0.2) is 19.6 Å². The molecule has 0 radical (unpaired) electrons. The van der Waals surface area contributed by atoms with E-state index in [1.54, 1.807) is 0 Å². The van der Waals surface area contributed by atoms with Gasteiger partial charge in [-0.05, 0) is 19.9 Å². The van der Waals surface area contributed by atoms with E-state index < -0.39 is 0 Å². The quantitative estimate of drug-likeness (QED) is 0.837. The van der Waals surface area contributed by atoms with Crippen LogP contribution in [0.2, 0.25) is 0 Å². The van der Waals surface area contributed by atoms with E-state index in [0.717, 1.165) is 23.5 Å². The zero-order valence-corrected chi connectivity index (χ0v) is 9.88. The third-order valence-corrected chi connectivity index (χ3v) is 2.60. The molecule has 0 aliphatic rings. The van der Waals surface area contributed by atoms with Gasteiger partial charge in [-0.2, -0.15) is 10.2 Å². The molecule has 1 unspecified atom stereocenters. The average molecular weight is 219 g/mol. The molecule has 0 aliphatic heterocycles. The lowest BCUT2D eigenvalue weighted by molar-refractivity contribution is 0.618. The lowest BCUT2D eigenvalue weighted by atomic mass is 10.2. The van der Waals surface area contributed by atoms with Gasteiger partial charge in [0.25, 0.3) is 0 Å². The van der Waals surface area contributed by atoms with Crippen LogP contribution in [0, 0.1) is 6.92 Å². The number of nitrogens with two attached hydrogens (primary N) is 1. The first-order chi connectivity index (χ1) is 7.56. The van der Waals surface area contributed by atoms with Crippen LogP contribution in [0.4, 0.5) is 0 Å². The Balaban J connectivity index is 2.17. The van der Waals surface area contributed by atoms with E-state index in [2.05, 4.69) is 16.3 Å². The number of hydrogen-bond donors (Lipinski definition) is 1. The Morgan fingerprint density at radius 1 is 1.50 bits per heavy atom. The molecule has 0 saturated carbocycles. The topological polar surface area (TPSA) is 61.7 Å². The van der Waals surface area contributed by atoms with Gasteiger partial charge in [0.1, 0.15) is 0 Å². The number of aromatic nitrogens is 4. The summed E-state index contributed by atoms with van der Waals surface area (Å²) < 4.78 is 3.76. The van der Waals surface area contributed by atoms with Crippen LogP contribution in [0.5, 0.6) is 0 Å². The molecule has 5 heteroatoms. The van der Waals surface area contributed by atoms with E-state index in [0.29, 0.717) is 0 Å². The summed E-state index contributed by atoms with van der Waals surface area (Å²) in [4.78, 5) is 0. The van der Waals surface area contributed by atoms with Gasteiger partial charge in [0.15, 0.2) is 0 Å². The van der Waals surface area contributed by atoms with E-state index in [1.807, 2.05) is 42.7 Å². The molecular weight excluding hydrogens is 202 g/mol. The van der Waals surface area contributed by atoms with Crippen LogP contribution < -0.4 is 5.73 Å². The Hall–Kier alpha value is -1.62. The highest BCUT2D eigenvalue weighted by atomic mass is 15.3. The molecule has 2 rings (SSSR count). The number of rotatable bonds is 3. The van der Waals surface area contributed by atoms with Crippen molar-refractivity contribution in [3.63, 3.8) is 0 Å². The third-order valence-electron chi connectivity index (χ3n) is 2.60. The van der Waals surface area contributed by atoms with E-state index in [1.165, 1.54) is 0 Å². The molecule has 2 aromatic rings. The molecule has 5 nitrogen and oxygen atoms in total. The van der Waals surface area contributed by atoms with Gasteiger partial charge in [0, 0.05) is 24.8 Å². The monoisotopic (exact) mass is 219 g/mol. The first-order valence-corrected chi connectivity index (χ1v) is 5.33. The number of aryl methyl sites for hydroxylation is 2. The van der Waals surface area contributed by atoms with Crippen LogP contribution in [0.15, 0.2) is 18.5 Å². The molecule has 0 spiro atoms. The zero-order chi connectivity index (χ0) is 11.7. The molecule has 0 aliphatic carbocycles. The smallest absolute Gasteiger partial charge is 0.0828 e. The van der Waals surface area contributed by atoms with Crippen LogP contribution in [0.25, 0.3) is 0 Å². The van der Waals surface area contributed by atoms with Gasteiger partial charge in [-0.15, -0.1) is 0 Å². The van der Waals surface area contributed by atoms with E-state index in [-0.39, 0.29) is 6.04 Å². The fourth-order valence-corrected chi connectivity index (χ4v) is 1.68. The van der Waals surface area contributed by atoms with Crippen LogP contribution in [0.1, 0.15) is 29.9 Å². The maximum atomic E-state index is 5.78. The third kappa shape index (κ3) is 2.14. The van der Waals surface area contributed by atoms with Crippen molar-refractivity contribution in [3.8, 4) is 0 Å². The fraction of sp³-hybridized carbons (Fsp3) is 0.455. The summed E-state index contributed by atoms with van der Waals surface area (Å²) in [6.07, 6.45) is 3.79. The van der Waals surface area contributed by atoms with Crippen LogP contribution >= 0.6 is 0 Å². The highest BCUT2D eigenvalue weighted by Crippen LogP contribution is 2.09. The van der Waals surface area contributed by atoms with Crippen LogP contribution in [-0.2, 0) is 13.6 Å². The molecule has 0 bridgehead atoms. The predicted molar refractivity (Wildman–Crippen MR) is 61.9 cm³/mol. The lowest BCUT2D eigenvalue weighted by Gasteiger charge is -2.02. The molecular formula is C11H17N5. The summed E-state index contributed by atoms with van der Waals surface area (Å²) in [7, 11) is 1.94. The van der Waals surface area contributed by atoms with Crippen molar-refractivity contribution in [1.29, 1.82) is 0 Å². The van der Waals surface area contributed by atoms with Gasteiger partial charge >= 0.3 is 0 Å². The molecule has 1 atom stereocenters. The maximum Gasteiger partial charge on any atom is 0.0828 e. The molecule has 0 amide bonds. The normalized spacial score (nSPS) is 13.0. The molecule has 2 heterocycles. The second-order valence-corrected chi connectivity index (χ2v) is 4.16. The van der Waals surface area contributed by atoms with E-state index >= 15 is 0 Å². The zero-order valence-electron chi connectivity index (χ0n) is 9.88. The molecule has 86 valence electrons. The Bertz CT molecular complexity index is 480. The van der Waals surface area contributed by atoms with Gasteiger partial charge in [0.05, 0.1) is 24.1 Å². The molecule has 0 saturated heterocycles. The molecule has 16 heavy (non-hydrogen) atoms. The Morgan fingerprint density at radius 2 is 2.25 bits per heavy atom. The number of hydrogen-bond acceptors (Lipinski definition) is 3. The minimum Gasteiger partial charge on any atom is -0.324 e.